The second-order valence-corrected chi connectivity index (χ2v) is 8.11. The molecular weight excluding hydrogens is 362 g/mol. The van der Waals surface area contributed by atoms with Gasteiger partial charge in [0.25, 0.3) is 15.6 Å². The van der Waals surface area contributed by atoms with Crippen molar-refractivity contribution < 1.29 is 13.2 Å². The van der Waals surface area contributed by atoms with Gasteiger partial charge in [0, 0.05) is 16.2 Å². The van der Waals surface area contributed by atoms with Crippen molar-refractivity contribution in [2.45, 2.75) is 11.8 Å². The number of nitrogens with zero attached hydrogens (tertiary/aromatic N) is 1. The molecule has 0 fully saturated rings. The van der Waals surface area contributed by atoms with Crippen molar-refractivity contribution in [2.75, 3.05) is 7.11 Å². The minimum atomic E-state index is -4.04. The molecule has 27 heavy (non-hydrogen) atoms. The highest BCUT2D eigenvalue weighted by Crippen LogP contribution is 2.29. The van der Waals surface area contributed by atoms with Crippen molar-refractivity contribution >= 4 is 31.7 Å². The Balaban J connectivity index is 2.22. The summed E-state index contributed by atoms with van der Waals surface area (Å²) in [7, 11) is -2.49. The van der Waals surface area contributed by atoms with E-state index in [1.165, 1.54) is 12.1 Å². The van der Waals surface area contributed by atoms with Crippen molar-refractivity contribution in [2.24, 2.45) is 0 Å². The Bertz CT molecular complexity index is 1340. The van der Waals surface area contributed by atoms with Gasteiger partial charge in [0.1, 0.15) is 5.75 Å². The van der Waals surface area contributed by atoms with Crippen LogP contribution in [0.1, 0.15) is 5.56 Å². The average molecular weight is 379 g/mol. The number of hydrogen-bond donors (Lipinski definition) is 0. The predicted octanol–water partition coefficient (Wildman–Crippen LogP) is 3.71. The largest absolute Gasteiger partial charge is 0.497 e. The van der Waals surface area contributed by atoms with Crippen LogP contribution in [0.4, 0.5) is 0 Å². The van der Waals surface area contributed by atoms with Gasteiger partial charge in [-0.1, -0.05) is 29.8 Å². The highest BCUT2D eigenvalue weighted by Gasteiger charge is 2.23. The second kappa shape index (κ2) is 6.25. The van der Waals surface area contributed by atoms with Gasteiger partial charge in [0.15, 0.2) is 0 Å². The Morgan fingerprint density at radius 2 is 1.59 bits per heavy atom. The number of aryl methyl sites for hydroxylation is 1. The second-order valence-electron chi connectivity index (χ2n) is 6.32. The molecule has 0 spiro atoms. The monoisotopic (exact) mass is 379 g/mol. The van der Waals surface area contributed by atoms with Crippen LogP contribution < -0.4 is 10.3 Å². The van der Waals surface area contributed by atoms with Crippen LogP contribution in [0.3, 0.4) is 0 Å². The summed E-state index contributed by atoms with van der Waals surface area (Å²) in [6.45, 7) is 1.92. The zero-order valence-electron chi connectivity index (χ0n) is 14.8. The summed E-state index contributed by atoms with van der Waals surface area (Å²) in [5.74, 6) is 0.605. The van der Waals surface area contributed by atoms with Crippen molar-refractivity contribution in [3.8, 4) is 5.75 Å². The molecule has 0 N–H and O–H groups in total. The molecule has 0 amide bonds. The molecule has 5 nitrogen and oxygen atoms in total. The van der Waals surface area contributed by atoms with Gasteiger partial charge in [-0.05, 0) is 49.4 Å². The molecule has 0 aliphatic heterocycles. The lowest BCUT2D eigenvalue weighted by Crippen LogP contribution is -2.28. The molecule has 136 valence electrons. The molecule has 0 radical (unpaired) electrons. The molecule has 1 aromatic heterocycles. The SMILES string of the molecule is COc1ccc2c(=O)n(S(=O)(=O)c3ccccc3)c3ccc(C)cc3c2c1. The van der Waals surface area contributed by atoms with E-state index in [4.69, 9.17) is 4.74 Å². The summed E-state index contributed by atoms with van der Waals surface area (Å²) >= 11 is 0. The fourth-order valence-electron chi connectivity index (χ4n) is 3.26. The van der Waals surface area contributed by atoms with Gasteiger partial charge in [-0.15, -0.1) is 0 Å². The first-order chi connectivity index (χ1) is 12.9. The van der Waals surface area contributed by atoms with Crippen LogP contribution in [0.25, 0.3) is 21.7 Å². The summed E-state index contributed by atoms with van der Waals surface area (Å²) < 4.78 is 32.7. The highest BCUT2D eigenvalue weighted by atomic mass is 32.2. The Kier molecular flexibility index (Phi) is 4.00. The molecule has 6 heteroatoms. The smallest absolute Gasteiger partial charge is 0.272 e. The minimum absolute atomic E-state index is 0.0711. The normalized spacial score (nSPS) is 11.8. The van der Waals surface area contributed by atoms with Gasteiger partial charge in [-0.25, -0.2) is 8.42 Å². The van der Waals surface area contributed by atoms with E-state index in [0.29, 0.717) is 27.4 Å². The van der Waals surface area contributed by atoms with Gasteiger partial charge in [-0.3, -0.25) is 4.79 Å². The zero-order valence-corrected chi connectivity index (χ0v) is 15.7. The molecule has 0 saturated carbocycles. The third kappa shape index (κ3) is 2.69. The van der Waals surface area contributed by atoms with E-state index in [1.807, 2.05) is 13.0 Å². The summed E-state index contributed by atoms with van der Waals surface area (Å²) in [6.07, 6.45) is 0. The molecule has 0 aliphatic rings. The van der Waals surface area contributed by atoms with Crippen LogP contribution in [0, 0.1) is 6.92 Å². The van der Waals surface area contributed by atoms with E-state index < -0.39 is 15.6 Å². The predicted molar refractivity (Wildman–Crippen MR) is 106 cm³/mol. The Labute approximate surface area is 156 Å². The quantitative estimate of drug-likeness (QED) is 0.509. The van der Waals surface area contributed by atoms with Crippen molar-refractivity contribution in [1.82, 2.24) is 3.97 Å². The lowest BCUT2D eigenvalue weighted by Gasteiger charge is -2.15. The lowest BCUT2D eigenvalue weighted by molar-refractivity contribution is 0.415. The molecule has 0 aliphatic carbocycles. The summed E-state index contributed by atoms with van der Waals surface area (Å²) in [5, 5.41) is 1.67. The van der Waals surface area contributed by atoms with E-state index in [9.17, 15) is 13.2 Å². The Morgan fingerprint density at radius 3 is 2.30 bits per heavy atom. The van der Waals surface area contributed by atoms with E-state index >= 15 is 0 Å². The highest BCUT2D eigenvalue weighted by molar-refractivity contribution is 7.90. The van der Waals surface area contributed by atoms with Crippen molar-refractivity contribution in [3.63, 3.8) is 0 Å². The third-order valence-corrected chi connectivity index (χ3v) is 6.30. The number of rotatable bonds is 3. The van der Waals surface area contributed by atoms with Gasteiger partial charge < -0.3 is 4.74 Å². The van der Waals surface area contributed by atoms with Gasteiger partial charge >= 0.3 is 0 Å². The van der Waals surface area contributed by atoms with Crippen LogP contribution in [-0.2, 0) is 10.0 Å². The maximum absolute atomic E-state index is 13.3. The average Bonchev–Trinajstić information content (AvgIpc) is 2.68. The standard InChI is InChI=1S/C21H17NO4S/c1-14-8-11-20-19(12-14)18-13-15(26-2)9-10-17(18)21(23)22(20)27(24,25)16-6-4-3-5-7-16/h3-13H,1-2H3. The van der Waals surface area contributed by atoms with Gasteiger partial charge in [0.05, 0.1) is 17.5 Å². The lowest BCUT2D eigenvalue weighted by atomic mass is 10.0. The van der Waals surface area contributed by atoms with Crippen molar-refractivity contribution in [3.05, 3.63) is 82.6 Å². The Morgan fingerprint density at radius 1 is 0.852 bits per heavy atom. The molecule has 3 aromatic carbocycles. The van der Waals surface area contributed by atoms with E-state index in [2.05, 4.69) is 0 Å². The van der Waals surface area contributed by atoms with Crippen LogP contribution in [-0.4, -0.2) is 19.5 Å². The number of fused-ring (bicyclic) bond motifs is 3. The zero-order chi connectivity index (χ0) is 19.2. The molecule has 0 saturated heterocycles. The molecule has 4 aromatic rings. The maximum atomic E-state index is 13.3. The topological polar surface area (TPSA) is 65.4 Å². The third-order valence-electron chi connectivity index (χ3n) is 4.58. The number of ether oxygens (including phenoxy) is 1. The van der Waals surface area contributed by atoms with Gasteiger partial charge in [0.2, 0.25) is 0 Å². The fourth-order valence-corrected chi connectivity index (χ4v) is 4.70. The summed E-state index contributed by atoms with van der Waals surface area (Å²) in [6, 6.07) is 18.4. The molecule has 0 bridgehead atoms. The Hall–Kier alpha value is -3.12. The first kappa shape index (κ1) is 17.3. The molecule has 0 unspecified atom stereocenters. The number of aromatic nitrogens is 1. The number of methoxy groups -OCH3 is 1. The summed E-state index contributed by atoms with van der Waals surface area (Å²) in [5.41, 5.74) is 0.733. The van der Waals surface area contributed by atoms with E-state index in [0.717, 1.165) is 9.54 Å². The van der Waals surface area contributed by atoms with Crippen LogP contribution in [0.15, 0.2) is 76.4 Å². The molecule has 4 rings (SSSR count). The first-order valence-corrected chi connectivity index (χ1v) is 9.81. The number of hydrogen-bond acceptors (Lipinski definition) is 4. The molecule has 0 atom stereocenters. The van der Waals surface area contributed by atoms with Crippen LogP contribution in [0.5, 0.6) is 5.75 Å². The molecular formula is C21H17NO4S. The van der Waals surface area contributed by atoms with Gasteiger partial charge in [-0.2, -0.15) is 3.97 Å². The number of benzene rings is 3. The minimum Gasteiger partial charge on any atom is -0.497 e. The molecule has 1 heterocycles. The maximum Gasteiger partial charge on any atom is 0.272 e. The van der Waals surface area contributed by atoms with Crippen LogP contribution >= 0.6 is 0 Å². The summed E-state index contributed by atoms with van der Waals surface area (Å²) in [4.78, 5) is 13.3. The number of pyridine rings is 1. The van der Waals surface area contributed by atoms with E-state index in [-0.39, 0.29) is 4.90 Å². The first-order valence-electron chi connectivity index (χ1n) is 8.37. The fraction of sp³-hybridized carbons (Fsp3) is 0.0952. The van der Waals surface area contributed by atoms with E-state index in [1.54, 1.807) is 55.6 Å². The van der Waals surface area contributed by atoms with Crippen molar-refractivity contribution in [1.29, 1.82) is 0 Å². The van der Waals surface area contributed by atoms with Crippen LogP contribution in [0.2, 0.25) is 0 Å².